The molecule has 1 heterocycles. The van der Waals surface area contributed by atoms with E-state index in [0.29, 0.717) is 22.2 Å². The molecule has 0 atom stereocenters. The zero-order chi connectivity index (χ0) is 24.1. The molecule has 2 amide bonds. The van der Waals surface area contributed by atoms with Gasteiger partial charge in [0.15, 0.2) is 0 Å². The second-order valence-corrected chi connectivity index (χ2v) is 7.46. The van der Waals surface area contributed by atoms with Gasteiger partial charge in [0.25, 0.3) is 11.8 Å². The number of carbonyl (C=O) groups is 3. The van der Waals surface area contributed by atoms with E-state index in [0.717, 1.165) is 5.56 Å². The molecule has 0 aliphatic carbocycles. The molecule has 0 radical (unpaired) electrons. The lowest BCUT2D eigenvalue weighted by Gasteiger charge is -2.08. The number of nitrogens with zero attached hydrogens (tertiary/aromatic N) is 2. The van der Waals surface area contributed by atoms with E-state index in [2.05, 4.69) is 15.7 Å². The van der Waals surface area contributed by atoms with Crippen LogP contribution in [-0.4, -0.2) is 45.6 Å². The molecule has 3 N–H and O–H groups in total. The Morgan fingerprint density at radius 1 is 0.941 bits per heavy atom. The fourth-order valence-corrected chi connectivity index (χ4v) is 3.47. The van der Waals surface area contributed by atoms with Crippen LogP contribution in [0, 0.1) is 5.82 Å². The van der Waals surface area contributed by atoms with E-state index in [9.17, 15) is 18.8 Å². The van der Waals surface area contributed by atoms with Crippen LogP contribution in [0.4, 0.5) is 4.39 Å². The highest BCUT2D eigenvalue weighted by molar-refractivity contribution is 6.42. The Labute approximate surface area is 194 Å². The number of Topliss-reactive ketones (excluding diaryl/α,β-unsaturated/α-hetero) is 1. The minimum atomic E-state index is -0.788. The molecular formula is C25H21FN4O4. The van der Waals surface area contributed by atoms with Crippen LogP contribution in [0.5, 0.6) is 0 Å². The molecule has 172 valence electrons. The number of aliphatic hydroxyl groups is 1. The topological polar surface area (TPSA) is 113 Å². The minimum Gasteiger partial charge on any atom is -0.395 e. The zero-order valence-corrected chi connectivity index (χ0v) is 18.0. The number of hydrogen-bond acceptors (Lipinski definition) is 5. The number of ketones is 1. The van der Waals surface area contributed by atoms with E-state index >= 15 is 0 Å². The van der Waals surface area contributed by atoms with Gasteiger partial charge in [-0.2, -0.15) is 5.10 Å². The number of nitrogens with one attached hydrogen (secondary N) is 2. The van der Waals surface area contributed by atoms with Gasteiger partial charge in [-0.25, -0.2) is 9.07 Å². The maximum absolute atomic E-state index is 13.3. The zero-order valence-electron chi connectivity index (χ0n) is 18.0. The average Bonchev–Trinajstić information content (AvgIpc) is 3.30. The van der Waals surface area contributed by atoms with Gasteiger partial charge in [-0.05, 0) is 42.0 Å². The third kappa shape index (κ3) is 4.84. The summed E-state index contributed by atoms with van der Waals surface area (Å²) in [5, 5.41) is 18.9. The van der Waals surface area contributed by atoms with Crippen LogP contribution in [0.1, 0.15) is 26.3 Å². The van der Waals surface area contributed by atoms with Crippen LogP contribution < -0.4 is 10.6 Å². The van der Waals surface area contributed by atoms with Gasteiger partial charge in [-0.1, -0.05) is 30.3 Å². The summed E-state index contributed by atoms with van der Waals surface area (Å²) in [5.41, 5.74) is 2.78. The molecular weight excluding hydrogens is 439 g/mol. The smallest absolute Gasteiger partial charge is 0.292 e. The van der Waals surface area contributed by atoms with Crippen LogP contribution in [-0.2, 0) is 11.3 Å². The number of benzene rings is 3. The highest BCUT2D eigenvalue weighted by Crippen LogP contribution is 2.22. The highest BCUT2D eigenvalue weighted by Gasteiger charge is 2.16. The second kappa shape index (κ2) is 10.1. The summed E-state index contributed by atoms with van der Waals surface area (Å²) in [7, 11) is 0. The number of aromatic nitrogens is 2. The molecule has 0 aliphatic rings. The molecule has 4 rings (SSSR count). The first-order valence-corrected chi connectivity index (χ1v) is 10.5. The van der Waals surface area contributed by atoms with E-state index in [4.69, 9.17) is 5.11 Å². The average molecular weight is 460 g/mol. The van der Waals surface area contributed by atoms with E-state index in [-0.39, 0.29) is 37.0 Å². The molecule has 1 aromatic heterocycles. The van der Waals surface area contributed by atoms with Crippen LogP contribution in [0.2, 0.25) is 0 Å². The Morgan fingerprint density at radius 3 is 2.38 bits per heavy atom. The third-order valence-electron chi connectivity index (χ3n) is 5.20. The number of halogens is 1. The molecule has 8 nitrogen and oxygen atoms in total. The lowest BCUT2D eigenvalue weighted by molar-refractivity contribution is -0.117. The molecule has 0 aliphatic heterocycles. The quantitative estimate of drug-likeness (QED) is 0.276. The van der Waals surface area contributed by atoms with Gasteiger partial charge in [-0.3, -0.25) is 14.4 Å². The molecule has 0 saturated heterocycles. The number of hydrogen-bond donors (Lipinski definition) is 3. The van der Waals surface area contributed by atoms with Gasteiger partial charge in [0.05, 0.1) is 29.6 Å². The highest BCUT2D eigenvalue weighted by atomic mass is 19.1. The maximum atomic E-state index is 13.3. The second-order valence-electron chi connectivity index (χ2n) is 7.46. The molecule has 3 aromatic carbocycles. The summed E-state index contributed by atoms with van der Waals surface area (Å²) >= 11 is 0. The Morgan fingerprint density at radius 2 is 1.68 bits per heavy atom. The van der Waals surface area contributed by atoms with Crippen molar-refractivity contribution in [2.24, 2.45) is 0 Å². The van der Waals surface area contributed by atoms with Crippen molar-refractivity contribution in [3.63, 3.8) is 0 Å². The Kier molecular flexibility index (Phi) is 6.74. The fourth-order valence-electron chi connectivity index (χ4n) is 3.47. The molecule has 0 bridgehead atoms. The summed E-state index contributed by atoms with van der Waals surface area (Å²) in [6.45, 7) is -0.0326. The van der Waals surface area contributed by atoms with Crippen molar-refractivity contribution in [2.45, 2.75) is 6.54 Å². The van der Waals surface area contributed by atoms with Crippen molar-refractivity contribution in [3.05, 3.63) is 95.4 Å². The first-order chi connectivity index (χ1) is 16.5. The van der Waals surface area contributed by atoms with Gasteiger partial charge in [0.2, 0.25) is 5.78 Å². The first kappa shape index (κ1) is 22.8. The van der Waals surface area contributed by atoms with E-state index in [1.165, 1.54) is 24.3 Å². The minimum absolute atomic E-state index is 0.00421. The summed E-state index contributed by atoms with van der Waals surface area (Å²) in [6, 6.07) is 17.5. The third-order valence-corrected chi connectivity index (χ3v) is 5.20. The molecule has 34 heavy (non-hydrogen) atoms. The van der Waals surface area contributed by atoms with Gasteiger partial charge < -0.3 is 15.7 Å². The van der Waals surface area contributed by atoms with Crippen LogP contribution in [0.25, 0.3) is 16.6 Å². The molecule has 0 fully saturated rings. The number of fused-ring (bicyclic) bond motifs is 1. The van der Waals surface area contributed by atoms with Gasteiger partial charge >= 0.3 is 0 Å². The van der Waals surface area contributed by atoms with Gasteiger partial charge in [-0.15, -0.1) is 0 Å². The van der Waals surface area contributed by atoms with Crippen molar-refractivity contribution in [2.75, 3.05) is 13.2 Å². The number of amides is 2. The number of rotatable bonds is 8. The molecule has 0 saturated carbocycles. The molecule has 0 unspecified atom stereocenters. The van der Waals surface area contributed by atoms with Gasteiger partial charge in [0, 0.05) is 24.0 Å². The van der Waals surface area contributed by atoms with Crippen LogP contribution in [0.15, 0.2) is 72.9 Å². The summed E-state index contributed by atoms with van der Waals surface area (Å²) < 4.78 is 14.9. The van der Waals surface area contributed by atoms with E-state index < -0.39 is 11.7 Å². The number of carbonyl (C=O) groups excluding carboxylic acids is 3. The van der Waals surface area contributed by atoms with Crippen molar-refractivity contribution in [1.29, 1.82) is 0 Å². The lowest BCUT2D eigenvalue weighted by atomic mass is 10.1. The molecule has 0 spiro atoms. The van der Waals surface area contributed by atoms with Crippen molar-refractivity contribution in [3.8, 4) is 5.69 Å². The van der Waals surface area contributed by atoms with Crippen molar-refractivity contribution in [1.82, 2.24) is 20.4 Å². The SMILES string of the molecule is O=C(NCCO)C(=O)c1ccc(CNC(=O)c2cccc3c2cnn3-c2ccc(F)cc2)cc1. The van der Waals surface area contributed by atoms with Crippen LogP contribution >= 0.6 is 0 Å². The Balaban J connectivity index is 1.45. The summed E-state index contributed by atoms with van der Waals surface area (Å²) in [4.78, 5) is 36.7. The Hall–Kier alpha value is -4.37. The Bertz CT molecular complexity index is 1350. The fraction of sp³-hybridized carbons (Fsp3) is 0.120. The normalized spacial score (nSPS) is 10.8. The number of aliphatic hydroxyl groups excluding tert-OH is 1. The monoisotopic (exact) mass is 460 g/mol. The van der Waals surface area contributed by atoms with Crippen LogP contribution in [0.3, 0.4) is 0 Å². The predicted octanol–water partition coefficient (Wildman–Crippen LogP) is 2.39. The summed E-state index contributed by atoms with van der Waals surface area (Å²) in [6.07, 6.45) is 1.59. The van der Waals surface area contributed by atoms with Crippen molar-refractivity contribution >= 4 is 28.5 Å². The van der Waals surface area contributed by atoms with E-state index in [1.807, 2.05) is 6.07 Å². The molecule has 4 aromatic rings. The predicted molar refractivity (Wildman–Crippen MR) is 123 cm³/mol. The van der Waals surface area contributed by atoms with Gasteiger partial charge in [0.1, 0.15) is 5.82 Å². The lowest BCUT2D eigenvalue weighted by Crippen LogP contribution is -2.33. The molecule has 9 heteroatoms. The van der Waals surface area contributed by atoms with Crippen molar-refractivity contribution < 1.29 is 23.9 Å². The first-order valence-electron chi connectivity index (χ1n) is 10.5. The van der Waals surface area contributed by atoms with E-state index in [1.54, 1.807) is 47.3 Å². The largest absolute Gasteiger partial charge is 0.395 e. The summed E-state index contributed by atoms with van der Waals surface area (Å²) in [5.74, 6) is -2.13. The standard InChI is InChI=1S/C25H21FN4O4/c26-18-8-10-19(11-9-18)30-22-3-1-2-20(21(22)15-29-30)24(33)28-14-16-4-6-17(7-5-16)23(32)25(34)27-12-13-31/h1-11,15,31H,12-14H2,(H,27,34)(H,28,33). The maximum Gasteiger partial charge on any atom is 0.292 e.